The van der Waals surface area contributed by atoms with Gasteiger partial charge in [-0.2, -0.15) is 0 Å². The summed E-state index contributed by atoms with van der Waals surface area (Å²) in [6.07, 6.45) is -0.940. The van der Waals surface area contributed by atoms with E-state index in [1.807, 2.05) is 17.0 Å². The minimum Gasteiger partial charge on any atom is -0.393 e. The second kappa shape index (κ2) is 11.0. The lowest BCUT2D eigenvalue weighted by atomic mass is 9.92. The minimum absolute atomic E-state index is 0.375. The molecule has 1 aromatic carbocycles. The van der Waals surface area contributed by atoms with Gasteiger partial charge < -0.3 is 26.2 Å². The fourth-order valence-corrected chi connectivity index (χ4v) is 3.34. The molecular weight excluding hydrogens is 332 g/mol. The normalized spacial score (nSPS) is 16.5. The van der Waals surface area contributed by atoms with Crippen LogP contribution in [0.15, 0.2) is 12.1 Å². The topological polar surface area (TPSA) is 110 Å². The van der Waals surface area contributed by atoms with E-state index in [0.29, 0.717) is 39.0 Å². The van der Waals surface area contributed by atoms with E-state index >= 15 is 0 Å². The SMILES string of the molecule is CC(O)Cc1cc(CN(CC(C)O)CC(C)O)c(CC(C)O)cc1CN. The van der Waals surface area contributed by atoms with E-state index in [1.165, 1.54) is 0 Å². The summed E-state index contributed by atoms with van der Waals surface area (Å²) in [5, 5.41) is 39.2. The molecule has 0 fully saturated rings. The Hall–Kier alpha value is -1.02. The van der Waals surface area contributed by atoms with E-state index in [9.17, 15) is 20.4 Å². The first-order chi connectivity index (χ1) is 12.1. The van der Waals surface area contributed by atoms with Gasteiger partial charge in [-0.1, -0.05) is 12.1 Å². The molecule has 0 saturated carbocycles. The maximum Gasteiger partial charge on any atom is 0.0639 e. The highest BCUT2D eigenvalue weighted by atomic mass is 16.3. The van der Waals surface area contributed by atoms with Crippen molar-refractivity contribution in [3.63, 3.8) is 0 Å². The Morgan fingerprint density at radius 1 is 0.731 bits per heavy atom. The van der Waals surface area contributed by atoms with Crippen molar-refractivity contribution in [3.8, 4) is 0 Å². The smallest absolute Gasteiger partial charge is 0.0639 e. The molecule has 26 heavy (non-hydrogen) atoms. The largest absolute Gasteiger partial charge is 0.393 e. The van der Waals surface area contributed by atoms with Crippen molar-refractivity contribution >= 4 is 0 Å². The first-order valence-corrected chi connectivity index (χ1v) is 9.40. The van der Waals surface area contributed by atoms with Crippen LogP contribution in [0.4, 0.5) is 0 Å². The molecule has 6 nitrogen and oxygen atoms in total. The molecule has 0 heterocycles. The Balaban J connectivity index is 3.24. The van der Waals surface area contributed by atoms with Crippen molar-refractivity contribution in [1.82, 2.24) is 4.90 Å². The van der Waals surface area contributed by atoms with Gasteiger partial charge in [-0.05, 0) is 62.8 Å². The van der Waals surface area contributed by atoms with Crippen LogP contribution in [-0.4, -0.2) is 62.8 Å². The summed E-state index contributed by atoms with van der Waals surface area (Å²) in [7, 11) is 0. The zero-order chi connectivity index (χ0) is 19.9. The summed E-state index contributed by atoms with van der Waals surface area (Å²) >= 11 is 0. The van der Waals surface area contributed by atoms with Gasteiger partial charge in [0, 0.05) is 26.2 Å². The third-order valence-electron chi connectivity index (χ3n) is 4.21. The molecule has 0 radical (unpaired) electrons. The predicted molar refractivity (Wildman–Crippen MR) is 104 cm³/mol. The third kappa shape index (κ3) is 8.12. The fourth-order valence-electron chi connectivity index (χ4n) is 3.34. The van der Waals surface area contributed by atoms with Crippen molar-refractivity contribution in [1.29, 1.82) is 0 Å². The number of rotatable bonds is 11. The van der Waals surface area contributed by atoms with Crippen molar-refractivity contribution in [2.24, 2.45) is 5.73 Å². The molecule has 0 saturated heterocycles. The monoisotopic (exact) mass is 368 g/mol. The molecular formula is C20H36N2O4. The van der Waals surface area contributed by atoms with Crippen LogP contribution in [0, 0.1) is 0 Å². The van der Waals surface area contributed by atoms with Gasteiger partial charge in [0.2, 0.25) is 0 Å². The summed E-state index contributed by atoms with van der Waals surface area (Å²) in [5.41, 5.74) is 9.90. The maximum absolute atomic E-state index is 9.87. The lowest BCUT2D eigenvalue weighted by Gasteiger charge is -2.27. The average molecular weight is 369 g/mol. The fraction of sp³-hybridized carbons (Fsp3) is 0.700. The van der Waals surface area contributed by atoms with Gasteiger partial charge in [-0.25, -0.2) is 0 Å². The second-order valence-corrected chi connectivity index (χ2v) is 7.59. The first kappa shape index (κ1) is 23.0. The maximum atomic E-state index is 9.87. The third-order valence-corrected chi connectivity index (χ3v) is 4.21. The summed E-state index contributed by atoms with van der Waals surface area (Å²) < 4.78 is 0. The molecule has 0 spiro atoms. The molecule has 0 amide bonds. The molecule has 1 aromatic rings. The van der Waals surface area contributed by atoms with Crippen LogP contribution < -0.4 is 5.73 Å². The van der Waals surface area contributed by atoms with E-state index in [0.717, 1.165) is 22.3 Å². The van der Waals surface area contributed by atoms with Gasteiger partial charge in [-0.15, -0.1) is 0 Å². The van der Waals surface area contributed by atoms with Gasteiger partial charge >= 0.3 is 0 Å². The van der Waals surface area contributed by atoms with Crippen molar-refractivity contribution in [3.05, 3.63) is 34.4 Å². The van der Waals surface area contributed by atoms with Gasteiger partial charge in [0.15, 0.2) is 0 Å². The van der Waals surface area contributed by atoms with Crippen LogP contribution in [0.5, 0.6) is 0 Å². The highest BCUT2D eigenvalue weighted by molar-refractivity contribution is 5.39. The Labute approximate surface area is 157 Å². The molecule has 6 heteroatoms. The van der Waals surface area contributed by atoms with Gasteiger partial charge in [0.1, 0.15) is 0 Å². The molecule has 4 atom stereocenters. The van der Waals surface area contributed by atoms with E-state index in [2.05, 4.69) is 0 Å². The summed E-state index contributed by atoms with van der Waals surface area (Å²) in [6.45, 7) is 8.77. The summed E-state index contributed by atoms with van der Waals surface area (Å²) in [5.74, 6) is 0. The van der Waals surface area contributed by atoms with Crippen LogP contribution >= 0.6 is 0 Å². The van der Waals surface area contributed by atoms with Gasteiger partial charge in [0.25, 0.3) is 0 Å². The Kier molecular flexibility index (Phi) is 9.71. The van der Waals surface area contributed by atoms with E-state index in [4.69, 9.17) is 5.73 Å². The molecule has 0 aliphatic rings. The van der Waals surface area contributed by atoms with Crippen molar-refractivity contribution in [2.75, 3.05) is 13.1 Å². The number of benzene rings is 1. The van der Waals surface area contributed by atoms with Crippen LogP contribution in [0.25, 0.3) is 0 Å². The Morgan fingerprint density at radius 2 is 1.15 bits per heavy atom. The summed E-state index contributed by atoms with van der Waals surface area (Å²) in [6, 6.07) is 4.06. The molecule has 150 valence electrons. The lowest BCUT2D eigenvalue weighted by molar-refractivity contribution is 0.0791. The van der Waals surface area contributed by atoms with Crippen molar-refractivity contribution in [2.45, 2.75) is 78.0 Å². The quantitative estimate of drug-likeness (QED) is 0.390. The first-order valence-electron chi connectivity index (χ1n) is 9.40. The zero-order valence-electron chi connectivity index (χ0n) is 16.5. The molecule has 0 aliphatic heterocycles. The molecule has 4 unspecified atom stereocenters. The number of hydrogen-bond acceptors (Lipinski definition) is 6. The molecule has 6 N–H and O–H groups in total. The van der Waals surface area contributed by atoms with Crippen molar-refractivity contribution < 1.29 is 20.4 Å². The number of hydrogen-bond donors (Lipinski definition) is 5. The Morgan fingerprint density at radius 3 is 1.54 bits per heavy atom. The minimum atomic E-state index is -0.505. The number of nitrogens with zero attached hydrogens (tertiary/aromatic N) is 1. The Bertz CT molecular complexity index is 535. The highest BCUT2D eigenvalue weighted by Gasteiger charge is 2.17. The van der Waals surface area contributed by atoms with Crippen LogP contribution in [-0.2, 0) is 25.9 Å². The van der Waals surface area contributed by atoms with Gasteiger partial charge in [-0.3, -0.25) is 4.90 Å². The van der Waals surface area contributed by atoms with Gasteiger partial charge in [0.05, 0.1) is 24.4 Å². The molecule has 1 rings (SSSR count). The second-order valence-electron chi connectivity index (χ2n) is 7.59. The molecule has 0 bridgehead atoms. The lowest BCUT2D eigenvalue weighted by Crippen LogP contribution is -2.36. The molecule has 0 aromatic heterocycles. The van der Waals surface area contributed by atoms with E-state index < -0.39 is 24.4 Å². The van der Waals surface area contributed by atoms with Crippen LogP contribution in [0.3, 0.4) is 0 Å². The standard InChI is InChI=1S/C20H36N2O4/c1-13(23)5-17-8-20(12-22(10-15(3)25)11-16(4)26)18(6-14(2)24)7-19(17)9-21/h7-8,13-16,23-26H,5-6,9-12,21H2,1-4H3. The number of aliphatic hydroxyl groups excluding tert-OH is 4. The van der Waals surface area contributed by atoms with E-state index in [1.54, 1.807) is 27.7 Å². The number of aliphatic hydroxyl groups is 4. The highest BCUT2D eigenvalue weighted by Crippen LogP contribution is 2.22. The zero-order valence-corrected chi connectivity index (χ0v) is 16.5. The van der Waals surface area contributed by atoms with Crippen LogP contribution in [0.1, 0.15) is 49.9 Å². The van der Waals surface area contributed by atoms with E-state index in [-0.39, 0.29) is 0 Å². The molecule has 0 aliphatic carbocycles. The van der Waals surface area contributed by atoms with Crippen LogP contribution in [0.2, 0.25) is 0 Å². The number of nitrogens with two attached hydrogens (primary N) is 1. The summed E-state index contributed by atoms with van der Waals surface area (Å²) in [4.78, 5) is 2.00. The average Bonchev–Trinajstić information content (AvgIpc) is 2.47. The predicted octanol–water partition coefficient (Wildman–Crippen LogP) is 0.556.